The second-order valence-electron chi connectivity index (χ2n) is 7.49. The van der Waals surface area contributed by atoms with Crippen molar-refractivity contribution in [3.05, 3.63) is 76.8 Å². The van der Waals surface area contributed by atoms with Gasteiger partial charge in [0.25, 0.3) is 0 Å². The molecule has 1 aliphatic heterocycles. The molecule has 0 radical (unpaired) electrons. The Balaban J connectivity index is 0.00000256. The van der Waals surface area contributed by atoms with Gasteiger partial charge in [-0.05, 0) is 49.1 Å². The fraction of sp³-hybridized carbons (Fsp3) is 0.304. The highest BCUT2D eigenvalue weighted by Crippen LogP contribution is 2.29. The molecule has 1 heterocycles. The van der Waals surface area contributed by atoms with E-state index >= 15 is 0 Å². The first-order valence-corrected chi connectivity index (χ1v) is 11.9. The fourth-order valence-electron chi connectivity index (χ4n) is 3.96. The average molecular weight is 465 g/mol. The van der Waals surface area contributed by atoms with Gasteiger partial charge in [-0.2, -0.15) is 0 Å². The zero-order valence-electron chi connectivity index (χ0n) is 16.7. The van der Waals surface area contributed by atoms with E-state index in [1.165, 1.54) is 11.1 Å². The van der Waals surface area contributed by atoms with E-state index in [1.54, 1.807) is 18.2 Å². The van der Waals surface area contributed by atoms with Gasteiger partial charge in [0.1, 0.15) is 0 Å². The molecule has 30 heavy (non-hydrogen) atoms. The zero-order chi connectivity index (χ0) is 20.3. The lowest BCUT2D eigenvalue weighted by Gasteiger charge is -2.28. The number of nitrogens with zero attached hydrogens (tertiary/aromatic N) is 1. The van der Waals surface area contributed by atoms with Crippen LogP contribution < -0.4 is 4.72 Å². The number of hydrogen-bond acceptors (Lipinski definition) is 3. The Bertz CT molecular complexity index is 1120. The number of unbranched alkanes of at least 4 members (excludes halogenated alkanes) is 1. The maximum absolute atomic E-state index is 12.8. The molecule has 0 saturated heterocycles. The summed E-state index contributed by atoms with van der Waals surface area (Å²) in [6.07, 6.45) is 2.86. The van der Waals surface area contributed by atoms with Crippen molar-refractivity contribution in [2.24, 2.45) is 0 Å². The summed E-state index contributed by atoms with van der Waals surface area (Å²) in [5, 5.41) is 1.96. The molecule has 0 bridgehead atoms. The SMILES string of the molecule is Cl.O=S(=O)(NCCCCN1CCc2ccccc2C1)c1ccc(Cl)c2ccccc12. The number of rotatable bonds is 7. The predicted molar refractivity (Wildman–Crippen MR) is 126 cm³/mol. The number of fused-ring (bicyclic) bond motifs is 2. The second kappa shape index (κ2) is 10.1. The third kappa shape index (κ3) is 5.16. The molecule has 4 nitrogen and oxygen atoms in total. The van der Waals surface area contributed by atoms with Crippen LogP contribution in [0.25, 0.3) is 10.8 Å². The van der Waals surface area contributed by atoms with Crippen LogP contribution in [0.2, 0.25) is 5.02 Å². The molecule has 3 aromatic rings. The minimum absolute atomic E-state index is 0. The van der Waals surface area contributed by atoms with E-state index in [0.717, 1.165) is 44.3 Å². The molecule has 7 heteroatoms. The zero-order valence-corrected chi connectivity index (χ0v) is 19.1. The molecule has 4 rings (SSSR count). The molecule has 1 aliphatic rings. The van der Waals surface area contributed by atoms with E-state index < -0.39 is 10.0 Å². The van der Waals surface area contributed by atoms with Crippen molar-refractivity contribution in [1.82, 2.24) is 9.62 Å². The maximum Gasteiger partial charge on any atom is 0.241 e. The molecular weight excluding hydrogens is 439 g/mol. The summed E-state index contributed by atoms with van der Waals surface area (Å²) >= 11 is 6.21. The van der Waals surface area contributed by atoms with Crippen molar-refractivity contribution in [3.8, 4) is 0 Å². The number of sulfonamides is 1. The van der Waals surface area contributed by atoms with Gasteiger partial charge in [-0.3, -0.25) is 4.90 Å². The molecule has 0 aliphatic carbocycles. The Hall–Kier alpha value is -1.63. The number of hydrogen-bond donors (Lipinski definition) is 1. The lowest BCUT2D eigenvalue weighted by Crippen LogP contribution is -2.32. The van der Waals surface area contributed by atoms with Crippen molar-refractivity contribution in [2.75, 3.05) is 19.6 Å². The van der Waals surface area contributed by atoms with Gasteiger partial charge < -0.3 is 0 Å². The summed E-state index contributed by atoms with van der Waals surface area (Å²) in [7, 11) is -3.57. The van der Waals surface area contributed by atoms with Crippen LogP contribution in [0.1, 0.15) is 24.0 Å². The van der Waals surface area contributed by atoms with Gasteiger partial charge in [0.05, 0.1) is 4.90 Å². The summed E-state index contributed by atoms with van der Waals surface area (Å²) in [6.45, 7) is 3.47. The quantitative estimate of drug-likeness (QED) is 0.498. The Morgan fingerprint density at radius 2 is 1.60 bits per heavy atom. The third-order valence-corrected chi connectivity index (χ3v) is 7.37. The van der Waals surface area contributed by atoms with Crippen LogP contribution in [0.4, 0.5) is 0 Å². The summed E-state index contributed by atoms with van der Waals surface area (Å²) in [6, 6.07) is 19.2. The Morgan fingerprint density at radius 1 is 0.900 bits per heavy atom. The Labute approximate surface area is 189 Å². The predicted octanol–water partition coefficient (Wildman–Crippen LogP) is 5.03. The first-order valence-electron chi connectivity index (χ1n) is 10.0. The average Bonchev–Trinajstić information content (AvgIpc) is 2.73. The van der Waals surface area contributed by atoms with Gasteiger partial charge >= 0.3 is 0 Å². The topological polar surface area (TPSA) is 49.4 Å². The van der Waals surface area contributed by atoms with Gasteiger partial charge in [-0.25, -0.2) is 13.1 Å². The molecule has 0 amide bonds. The minimum Gasteiger partial charge on any atom is -0.299 e. The fourth-order valence-corrected chi connectivity index (χ4v) is 5.47. The van der Waals surface area contributed by atoms with Crippen molar-refractivity contribution < 1.29 is 8.42 Å². The number of benzene rings is 3. The van der Waals surface area contributed by atoms with Crippen LogP contribution in [0.5, 0.6) is 0 Å². The molecule has 0 unspecified atom stereocenters. The molecule has 0 fully saturated rings. The van der Waals surface area contributed by atoms with Crippen molar-refractivity contribution in [3.63, 3.8) is 0 Å². The van der Waals surface area contributed by atoms with Crippen LogP contribution in [0.15, 0.2) is 65.6 Å². The van der Waals surface area contributed by atoms with E-state index in [2.05, 4.69) is 33.9 Å². The largest absolute Gasteiger partial charge is 0.299 e. The highest BCUT2D eigenvalue weighted by atomic mass is 35.5. The molecule has 0 saturated carbocycles. The standard InChI is InChI=1S/C23H25ClN2O2S.ClH/c24-22-11-12-23(21-10-4-3-9-20(21)22)29(27,28)25-14-5-6-15-26-16-13-18-7-1-2-8-19(18)17-26;/h1-4,7-12,25H,5-6,13-17H2;1H. The number of nitrogens with one attached hydrogen (secondary N) is 1. The molecule has 160 valence electrons. The van der Waals surface area contributed by atoms with Crippen molar-refractivity contribution in [2.45, 2.75) is 30.7 Å². The van der Waals surface area contributed by atoms with Gasteiger partial charge in [-0.15, -0.1) is 12.4 Å². The van der Waals surface area contributed by atoms with Crippen LogP contribution in [0, 0.1) is 0 Å². The van der Waals surface area contributed by atoms with Crippen molar-refractivity contribution in [1.29, 1.82) is 0 Å². The highest BCUT2D eigenvalue weighted by Gasteiger charge is 2.18. The normalized spacial score (nSPS) is 14.3. The lowest BCUT2D eigenvalue weighted by atomic mass is 10.00. The van der Waals surface area contributed by atoms with Crippen molar-refractivity contribution >= 4 is 44.8 Å². The smallest absolute Gasteiger partial charge is 0.241 e. The third-order valence-electron chi connectivity index (χ3n) is 5.52. The van der Waals surface area contributed by atoms with E-state index in [1.807, 2.05) is 18.2 Å². The van der Waals surface area contributed by atoms with Gasteiger partial charge in [-0.1, -0.05) is 60.1 Å². The van der Waals surface area contributed by atoms with E-state index in [-0.39, 0.29) is 17.3 Å². The maximum atomic E-state index is 12.8. The van der Waals surface area contributed by atoms with Crippen LogP contribution in [-0.2, 0) is 23.0 Å². The number of halogens is 2. The molecule has 1 N–H and O–H groups in total. The van der Waals surface area contributed by atoms with E-state index in [9.17, 15) is 8.42 Å². The molecule has 0 aromatic heterocycles. The highest BCUT2D eigenvalue weighted by molar-refractivity contribution is 7.89. The monoisotopic (exact) mass is 464 g/mol. The minimum atomic E-state index is -3.57. The van der Waals surface area contributed by atoms with E-state index in [4.69, 9.17) is 11.6 Å². The molecule has 0 atom stereocenters. The van der Waals surface area contributed by atoms with Crippen LogP contribution in [0.3, 0.4) is 0 Å². The lowest BCUT2D eigenvalue weighted by molar-refractivity contribution is 0.249. The first-order chi connectivity index (χ1) is 14.0. The molecule has 3 aromatic carbocycles. The Morgan fingerprint density at radius 3 is 2.40 bits per heavy atom. The summed E-state index contributed by atoms with van der Waals surface area (Å²) < 4.78 is 28.3. The van der Waals surface area contributed by atoms with E-state index in [0.29, 0.717) is 17.0 Å². The molecule has 0 spiro atoms. The summed E-state index contributed by atoms with van der Waals surface area (Å²) in [5.74, 6) is 0. The van der Waals surface area contributed by atoms with Gasteiger partial charge in [0.2, 0.25) is 10.0 Å². The van der Waals surface area contributed by atoms with Gasteiger partial charge in [0, 0.05) is 35.4 Å². The van der Waals surface area contributed by atoms with Crippen LogP contribution in [-0.4, -0.2) is 33.0 Å². The first kappa shape index (κ1) is 23.0. The summed E-state index contributed by atoms with van der Waals surface area (Å²) in [5.41, 5.74) is 2.86. The Kier molecular flexibility index (Phi) is 7.77. The molecular formula is C23H26Cl2N2O2S. The van der Waals surface area contributed by atoms with Gasteiger partial charge in [0.15, 0.2) is 0 Å². The van der Waals surface area contributed by atoms with Crippen LogP contribution >= 0.6 is 24.0 Å². The summed E-state index contributed by atoms with van der Waals surface area (Å²) in [4.78, 5) is 2.73. The second-order valence-corrected chi connectivity index (χ2v) is 9.63.